The number of hydrogen-bond donors (Lipinski definition) is 2. The van der Waals surface area contributed by atoms with Gasteiger partial charge in [-0.05, 0) is 40.2 Å². The number of nitrogens with two attached hydrogens (primary N) is 1. The van der Waals surface area contributed by atoms with Crippen LogP contribution in [0.3, 0.4) is 0 Å². The SMILES string of the molecule is Nc1cncc(Nc2ccc(Br)cc2Br)c1. The third kappa shape index (κ3) is 2.74. The fourth-order valence-electron chi connectivity index (χ4n) is 1.27. The van der Waals surface area contributed by atoms with Gasteiger partial charge in [-0.3, -0.25) is 4.98 Å². The van der Waals surface area contributed by atoms with E-state index in [0.717, 1.165) is 20.3 Å². The number of rotatable bonds is 2. The van der Waals surface area contributed by atoms with Crippen LogP contribution >= 0.6 is 31.9 Å². The molecule has 0 fully saturated rings. The zero-order valence-corrected chi connectivity index (χ0v) is 11.4. The van der Waals surface area contributed by atoms with Crippen LogP contribution < -0.4 is 11.1 Å². The minimum absolute atomic E-state index is 0.637. The summed E-state index contributed by atoms with van der Waals surface area (Å²) >= 11 is 6.88. The van der Waals surface area contributed by atoms with Gasteiger partial charge in [0, 0.05) is 15.1 Å². The van der Waals surface area contributed by atoms with E-state index in [9.17, 15) is 0 Å². The lowest BCUT2D eigenvalue weighted by atomic mass is 10.3. The fraction of sp³-hybridized carbons (Fsp3) is 0. The van der Waals surface area contributed by atoms with Crippen LogP contribution in [0.2, 0.25) is 0 Å². The molecule has 0 saturated heterocycles. The van der Waals surface area contributed by atoms with Crippen LogP contribution in [0.4, 0.5) is 17.1 Å². The molecule has 0 bridgehead atoms. The molecule has 5 heteroatoms. The van der Waals surface area contributed by atoms with Crippen molar-refractivity contribution in [1.82, 2.24) is 4.98 Å². The predicted octanol–water partition coefficient (Wildman–Crippen LogP) is 3.93. The molecule has 0 spiro atoms. The number of hydrogen-bond acceptors (Lipinski definition) is 3. The zero-order chi connectivity index (χ0) is 11.5. The maximum Gasteiger partial charge on any atom is 0.0591 e. The van der Waals surface area contributed by atoms with Crippen molar-refractivity contribution >= 4 is 48.9 Å². The van der Waals surface area contributed by atoms with Crippen LogP contribution in [0.25, 0.3) is 0 Å². The molecule has 0 atom stereocenters. The molecule has 0 unspecified atom stereocenters. The van der Waals surface area contributed by atoms with Crippen molar-refractivity contribution in [1.29, 1.82) is 0 Å². The highest BCUT2D eigenvalue weighted by Gasteiger charge is 2.01. The van der Waals surface area contributed by atoms with E-state index in [-0.39, 0.29) is 0 Å². The number of anilines is 3. The van der Waals surface area contributed by atoms with Gasteiger partial charge in [-0.25, -0.2) is 0 Å². The maximum absolute atomic E-state index is 5.65. The van der Waals surface area contributed by atoms with E-state index < -0.39 is 0 Å². The van der Waals surface area contributed by atoms with Crippen LogP contribution in [-0.4, -0.2) is 4.98 Å². The molecule has 0 aliphatic rings. The van der Waals surface area contributed by atoms with Crippen LogP contribution in [0, 0.1) is 0 Å². The molecule has 2 rings (SSSR count). The van der Waals surface area contributed by atoms with E-state index >= 15 is 0 Å². The Kier molecular flexibility index (Phi) is 3.46. The molecule has 82 valence electrons. The number of pyridine rings is 1. The van der Waals surface area contributed by atoms with Gasteiger partial charge < -0.3 is 11.1 Å². The van der Waals surface area contributed by atoms with Crippen molar-refractivity contribution in [2.75, 3.05) is 11.1 Å². The normalized spacial score (nSPS) is 10.1. The van der Waals surface area contributed by atoms with Crippen molar-refractivity contribution in [2.45, 2.75) is 0 Å². The summed E-state index contributed by atoms with van der Waals surface area (Å²) in [5.74, 6) is 0. The summed E-state index contributed by atoms with van der Waals surface area (Å²) in [6.07, 6.45) is 3.34. The molecule has 16 heavy (non-hydrogen) atoms. The number of halogens is 2. The van der Waals surface area contributed by atoms with Gasteiger partial charge >= 0.3 is 0 Å². The van der Waals surface area contributed by atoms with Gasteiger partial charge in [0.1, 0.15) is 0 Å². The highest BCUT2D eigenvalue weighted by molar-refractivity contribution is 9.11. The first-order valence-electron chi connectivity index (χ1n) is 4.58. The van der Waals surface area contributed by atoms with Crippen molar-refractivity contribution in [3.05, 3.63) is 45.6 Å². The Morgan fingerprint density at radius 2 is 1.94 bits per heavy atom. The molecular weight excluding hydrogens is 334 g/mol. The van der Waals surface area contributed by atoms with Crippen LogP contribution in [0.5, 0.6) is 0 Å². The van der Waals surface area contributed by atoms with Gasteiger partial charge in [0.25, 0.3) is 0 Å². The number of nitrogen functional groups attached to an aromatic ring is 1. The average Bonchev–Trinajstić information content (AvgIpc) is 2.22. The summed E-state index contributed by atoms with van der Waals surface area (Å²) in [5.41, 5.74) is 8.12. The monoisotopic (exact) mass is 341 g/mol. The van der Waals surface area contributed by atoms with E-state index in [1.165, 1.54) is 0 Å². The fourth-order valence-corrected chi connectivity index (χ4v) is 2.42. The van der Waals surface area contributed by atoms with Gasteiger partial charge in [0.05, 0.1) is 23.3 Å². The Bertz CT molecular complexity index is 514. The third-order valence-electron chi connectivity index (χ3n) is 1.97. The van der Waals surface area contributed by atoms with E-state index in [4.69, 9.17) is 5.73 Å². The number of nitrogens with one attached hydrogen (secondary N) is 1. The van der Waals surface area contributed by atoms with Gasteiger partial charge in [0.15, 0.2) is 0 Å². The first-order valence-corrected chi connectivity index (χ1v) is 6.16. The largest absolute Gasteiger partial charge is 0.397 e. The van der Waals surface area contributed by atoms with Crippen molar-refractivity contribution in [3.63, 3.8) is 0 Å². The van der Waals surface area contributed by atoms with Crippen molar-refractivity contribution < 1.29 is 0 Å². The predicted molar refractivity (Wildman–Crippen MR) is 73.8 cm³/mol. The first-order chi connectivity index (χ1) is 7.65. The number of aromatic nitrogens is 1. The third-order valence-corrected chi connectivity index (χ3v) is 3.12. The van der Waals surface area contributed by atoms with E-state index in [1.54, 1.807) is 12.4 Å². The molecule has 0 saturated carbocycles. The smallest absolute Gasteiger partial charge is 0.0591 e. The number of nitrogens with zero attached hydrogens (tertiary/aromatic N) is 1. The lowest BCUT2D eigenvalue weighted by Gasteiger charge is -2.08. The maximum atomic E-state index is 5.65. The van der Waals surface area contributed by atoms with E-state index in [0.29, 0.717) is 5.69 Å². The minimum atomic E-state index is 0.637. The summed E-state index contributed by atoms with van der Waals surface area (Å²) in [6.45, 7) is 0. The molecule has 0 radical (unpaired) electrons. The minimum Gasteiger partial charge on any atom is -0.397 e. The van der Waals surface area contributed by atoms with Gasteiger partial charge in [-0.2, -0.15) is 0 Å². The second kappa shape index (κ2) is 4.84. The summed E-state index contributed by atoms with van der Waals surface area (Å²) in [6, 6.07) is 7.74. The summed E-state index contributed by atoms with van der Waals surface area (Å²) in [4.78, 5) is 4.02. The summed E-state index contributed by atoms with van der Waals surface area (Å²) < 4.78 is 2.00. The van der Waals surface area contributed by atoms with Crippen molar-refractivity contribution in [2.24, 2.45) is 0 Å². The first kappa shape index (κ1) is 11.4. The second-order valence-electron chi connectivity index (χ2n) is 3.26. The topological polar surface area (TPSA) is 50.9 Å². The Morgan fingerprint density at radius 3 is 2.62 bits per heavy atom. The Hall–Kier alpha value is -1.07. The van der Waals surface area contributed by atoms with Gasteiger partial charge in [-0.15, -0.1) is 0 Å². The lowest BCUT2D eigenvalue weighted by Crippen LogP contribution is -1.94. The standard InChI is InChI=1S/C11H9Br2N3/c12-7-1-2-11(10(13)3-7)16-9-4-8(14)5-15-6-9/h1-6,16H,14H2. The van der Waals surface area contributed by atoms with Gasteiger partial charge in [0.2, 0.25) is 0 Å². The molecule has 1 aromatic carbocycles. The molecule has 0 aliphatic carbocycles. The Balaban J connectivity index is 2.27. The summed E-state index contributed by atoms with van der Waals surface area (Å²) in [7, 11) is 0. The van der Waals surface area contributed by atoms with E-state index in [1.807, 2.05) is 24.3 Å². The molecule has 3 nitrogen and oxygen atoms in total. The van der Waals surface area contributed by atoms with Crippen LogP contribution in [0.1, 0.15) is 0 Å². The van der Waals surface area contributed by atoms with E-state index in [2.05, 4.69) is 42.2 Å². The molecule has 1 heterocycles. The Labute approximate surface area is 110 Å². The van der Waals surface area contributed by atoms with Crippen LogP contribution in [0.15, 0.2) is 45.6 Å². The molecular formula is C11H9Br2N3. The highest BCUT2D eigenvalue weighted by atomic mass is 79.9. The molecule has 0 aliphatic heterocycles. The molecule has 3 N–H and O–H groups in total. The van der Waals surface area contributed by atoms with Gasteiger partial charge in [-0.1, -0.05) is 15.9 Å². The lowest BCUT2D eigenvalue weighted by molar-refractivity contribution is 1.32. The number of benzene rings is 1. The molecule has 0 amide bonds. The molecule has 2 aromatic rings. The Morgan fingerprint density at radius 1 is 1.12 bits per heavy atom. The molecule has 1 aromatic heterocycles. The quantitative estimate of drug-likeness (QED) is 0.869. The zero-order valence-electron chi connectivity index (χ0n) is 8.24. The second-order valence-corrected chi connectivity index (χ2v) is 5.03. The highest BCUT2D eigenvalue weighted by Crippen LogP contribution is 2.28. The van der Waals surface area contributed by atoms with Crippen molar-refractivity contribution in [3.8, 4) is 0 Å². The average molecular weight is 343 g/mol. The summed E-state index contributed by atoms with van der Waals surface area (Å²) in [5, 5.41) is 3.23. The van der Waals surface area contributed by atoms with Crippen LogP contribution in [-0.2, 0) is 0 Å².